The molecule has 0 spiro atoms. The van der Waals surface area contributed by atoms with Gasteiger partial charge in [0.2, 0.25) is 0 Å². The van der Waals surface area contributed by atoms with Gasteiger partial charge in [-0.3, -0.25) is 0 Å². The van der Waals surface area contributed by atoms with E-state index in [1.54, 1.807) is 13.0 Å². The van der Waals surface area contributed by atoms with Gasteiger partial charge in [-0.2, -0.15) is 22.0 Å². The average Bonchev–Trinajstić information content (AvgIpc) is 2.76. The Labute approximate surface area is 221 Å². The molecule has 1 nitrogen and oxygen atoms in total. The molecule has 0 aliphatic heterocycles. The highest BCUT2D eigenvalue weighted by atomic mass is 19.4. The fourth-order valence-corrected chi connectivity index (χ4v) is 5.17. The number of hydrogen-bond acceptors (Lipinski definition) is 1. The van der Waals surface area contributed by atoms with Crippen LogP contribution in [-0.2, 0) is 10.8 Å². The Morgan fingerprint density at radius 3 is 2.02 bits per heavy atom. The number of allylic oxidation sites excluding steroid dienone is 6. The zero-order valence-corrected chi connectivity index (χ0v) is 20.8. The van der Waals surface area contributed by atoms with Gasteiger partial charge in [0, 0.05) is 24.3 Å². The Bertz CT molecular complexity index is 1380. The Kier molecular flexibility index (Phi) is 7.85. The fourth-order valence-electron chi connectivity index (χ4n) is 5.17. The van der Waals surface area contributed by atoms with E-state index < -0.39 is 88.6 Å². The summed E-state index contributed by atoms with van der Waals surface area (Å²) in [6, 6.07) is 5.32. The maximum Gasteiger partial charge on any atom is 0.432 e. The van der Waals surface area contributed by atoms with Crippen molar-refractivity contribution in [3.8, 4) is 0 Å². The SMILES string of the molecule is Cc1ccc(C2C=C(F)C(c3cc(F)c(C(F)(F)OC4=CC(F)=C(C(F)(F)F)C(F)C4)c(F)c3)C(C)C2)c(F)c1. The van der Waals surface area contributed by atoms with E-state index in [9.17, 15) is 43.9 Å². The first-order chi connectivity index (χ1) is 18.5. The van der Waals surface area contributed by atoms with Gasteiger partial charge in [0.15, 0.2) is 0 Å². The van der Waals surface area contributed by atoms with Crippen molar-refractivity contribution in [2.24, 2.45) is 5.92 Å². The maximum atomic E-state index is 15.2. The van der Waals surface area contributed by atoms with Crippen LogP contribution in [0.5, 0.6) is 0 Å². The predicted octanol–water partition coefficient (Wildman–Crippen LogP) is 9.65. The van der Waals surface area contributed by atoms with Crippen molar-refractivity contribution < 1.29 is 53.0 Å². The highest BCUT2D eigenvalue weighted by molar-refractivity contribution is 5.39. The van der Waals surface area contributed by atoms with Crippen LogP contribution in [0.3, 0.4) is 0 Å². The number of ether oxygens (including phenoxy) is 1. The van der Waals surface area contributed by atoms with Crippen LogP contribution < -0.4 is 0 Å². The van der Waals surface area contributed by atoms with Gasteiger partial charge in [0.1, 0.15) is 52.2 Å². The quantitative estimate of drug-likeness (QED) is 0.319. The van der Waals surface area contributed by atoms with Crippen molar-refractivity contribution in [1.82, 2.24) is 0 Å². The summed E-state index contributed by atoms with van der Waals surface area (Å²) in [5.74, 6) is -11.3. The molecule has 216 valence electrons. The Hall–Kier alpha value is -3.31. The normalized spacial score (nSPS) is 24.1. The summed E-state index contributed by atoms with van der Waals surface area (Å²) in [5, 5.41) is 0. The number of alkyl halides is 6. The van der Waals surface area contributed by atoms with Gasteiger partial charge in [-0.1, -0.05) is 19.1 Å². The smallest absolute Gasteiger partial charge is 0.432 e. The molecule has 0 aromatic heterocycles. The van der Waals surface area contributed by atoms with Gasteiger partial charge in [-0.05, 0) is 60.2 Å². The highest BCUT2D eigenvalue weighted by Gasteiger charge is 2.47. The van der Waals surface area contributed by atoms with Gasteiger partial charge < -0.3 is 4.74 Å². The summed E-state index contributed by atoms with van der Waals surface area (Å²) in [5.41, 5.74) is -3.68. The van der Waals surface area contributed by atoms with Crippen LogP contribution in [0.25, 0.3) is 0 Å². The van der Waals surface area contributed by atoms with Crippen molar-refractivity contribution in [3.05, 3.63) is 105 Å². The van der Waals surface area contributed by atoms with Gasteiger partial charge >= 0.3 is 12.3 Å². The summed E-state index contributed by atoms with van der Waals surface area (Å²) in [4.78, 5) is 0. The van der Waals surface area contributed by atoms with Crippen molar-refractivity contribution in [2.45, 2.75) is 57.0 Å². The van der Waals surface area contributed by atoms with Gasteiger partial charge in [-0.15, -0.1) is 0 Å². The number of aryl methyl sites for hydroxylation is 1. The van der Waals surface area contributed by atoms with Crippen molar-refractivity contribution in [3.63, 3.8) is 0 Å². The van der Waals surface area contributed by atoms with Gasteiger partial charge in [0.25, 0.3) is 0 Å². The Morgan fingerprint density at radius 2 is 1.50 bits per heavy atom. The van der Waals surface area contributed by atoms with E-state index >= 15 is 4.39 Å². The standard InChI is InChI=1S/C28H21F11O/c1-12-3-4-17(18(29)5-12)14-6-13(2)24(19(30)7-14)15-8-20(31)26(21(32)9-15)28(38,39)40-16-10-22(33)25(23(34)11-16)27(35,36)37/h3-5,7-10,13-14,23-24H,6,11H2,1-2H3. The number of benzene rings is 2. The molecule has 0 amide bonds. The molecule has 0 N–H and O–H groups in total. The van der Waals surface area contributed by atoms with Crippen LogP contribution >= 0.6 is 0 Å². The third-order valence-electron chi connectivity index (χ3n) is 6.93. The van der Waals surface area contributed by atoms with Crippen molar-refractivity contribution in [1.29, 1.82) is 0 Å². The topological polar surface area (TPSA) is 9.23 Å². The summed E-state index contributed by atoms with van der Waals surface area (Å²) < 4.78 is 159. The van der Waals surface area contributed by atoms with Crippen molar-refractivity contribution in [2.75, 3.05) is 0 Å². The van der Waals surface area contributed by atoms with E-state index in [0.29, 0.717) is 17.7 Å². The molecule has 0 radical (unpaired) electrons. The molecule has 2 aromatic rings. The number of hydrogen-bond donors (Lipinski definition) is 0. The molecule has 0 heterocycles. The lowest BCUT2D eigenvalue weighted by molar-refractivity contribution is -0.230. The van der Waals surface area contributed by atoms with Crippen LogP contribution in [0.4, 0.5) is 48.3 Å². The zero-order chi connectivity index (χ0) is 29.7. The van der Waals surface area contributed by atoms with E-state index in [4.69, 9.17) is 0 Å². The monoisotopic (exact) mass is 582 g/mol. The molecular weight excluding hydrogens is 561 g/mol. The molecule has 0 saturated carbocycles. The molecule has 0 fully saturated rings. The van der Waals surface area contributed by atoms with Crippen LogP contribution in [0.15, 0.2) is 65.5 Å². The van der Waals surface area contributed by atoms with Crippen LogP contribution in [0, 0.1) is 30.3 Å². The Morgan fingerprint density at radius 1 is 0.875 bits per heavy atom. The van der Waals surface area contributed by atoms with Gasteiger partial charge in [0.05, 0.1) is 0 Å². The third kappa shape index (κ3) is 5.76. The van der Waals surface area contributed by atoms with Crippen LogP contribution in [0.1, 0.15) is 53.9 Å². The average molecular weight is 582 g/mol. The van der Waals surface area contributed by atoms with E-state index in [2.05, 4.69) is 4.74 Å². The fraction of sp³-hybridized carbons (Fsp3) is 0.357. The summed E-state index contributed by atoms with van der Waals surface area (Å²) in [6.45, 7) is 3.21. The minimum atomic E-state index is -5.42. The molecule has 0 bridgehead atoms. The van der Waals surface area contributed by atoms with Crippen LogP contribution in [0.2, 0.25) is 0 Å². The largest absolute Gasteiger partial charge is 0.433 e. The summed E-state index contributed by atoms with van der Waals surface area (Å²) in [7, 11) is 0. The first-order valence-corrected chi connectivity index (χ1v) is 12.0. The minimum absolute atomic E-state index is 0.131. The molecule has 40 heavy (non-hydrogen) atoms. The minimum Gasteiger partial charge on any atom is -0.433 e. The maximum absolute atomic E-state index is 15.2. The summed E-state index contributed by atoms with van der Waals surface area (Å²) in [6.07, 6.45) is -13.7. The second kappa shape index (κ2) is 10.6. The Balaban J connectivity index is 1.62. The molecule has 4 unspecified atom stereocenters. The van der Waals surface area contributed by atoms with E-state index in [1.807, 2.05) is 0 Å². The molecule has 4 atom stereocenters. The first-order valence-electron chi connectivity index (χ1n) is 12.0. The van der Waals surface area contributed by atoms with E-state index in [1.165, 1.54) is 19.1 Å². The second-order valence-electron chi connectivity index (χ2n) is 9.89. The number of rotatable bonds is 5. The van der Waals surface area contributed by atoms with E-state index in [0.717, 1.165) is 6.08 Å². The van der Waals surface area contributed by atoms with Gasteiger partial charge in [-0.25, -0.2) is 26.3 Å². The lowest BCUT2D eigenvalue weighted by atomic mass is 9.74. The van der Waals surface area contributed by atoms with Crippen LogP contribution in [-0.4, -0.2) is 12.3 Å². The molecule has 2 aliphatic carbocycles. The molecule has 12 heteroatoms. The molecule has 0 saturated heterocycles. The molecular formula is C28H21F11O. The highest BCUT2D eigenvalue weighted by Crippen LogP contribution is 2.47. The zero-order valence-electron chi connectivity index (χ0n) is 20.8. The first kappa shape index (κ1) is 29.7. The number of halogens is 11. The predicted molar refractivity (Wildman–Crippen MR) is 123 cm³/mol. The lowest BCUT2D eigenvalue weighted by Crippen LogP contribution is -2.28. The molecule has 2 aromatic carbocycles. The molecule has 2 aliphatic rings. The van der Waals surface area contributed by atoms with E-state index in [-0.39, 0.29) is 23.6 Å². The second-order valence-corrected chi connectivity index (χ2v) is 9.89. The molecule has 4 rings (SSSR count). The summed E-state index contributed by atoms with van der Waals surface area (Å²) >= 11 is 0. The third-order valence-corrected chi connectivity index (χ3v) is 6.93. The van der Waals surface area contributed by atoms with Crippen molar-refractivity contribution >= 4 is 0 Å². The lowest BCUT2D eigenvalue weighted by Gasteiger charge is -2.32.